The Morgan fingerprint density at radius 1 is 1.05 bits per heavy atom. The van der Waals surface area contributed by atoms with Gasteiger partial charge >= 0.3 is 0 Å². The molecule has 3 rings (SSSR count). The van der Waals surface area contributed by atoms with Gasteiger partial charge < -0.3 is 0 Å². The minimum absolute atomic E-state index is 0.0497. The molecule has 20 heavy (non-hydrogen) atoms. The second kappa shape index (κ2) is 5.44. The molecular formula is C16H14F2OS. The van der Waals surface area contributed by atoms with Crippen molar-refractivity contribution in [3.63, 3.8) is 0 Å². The van der Waals surface area contributed by atoms with Gasteiger partial charge in [0.05, 0.1) is 4.88 Å². The van der Waals surface area contributed by atoms with Crippen LogP contribution in [0.1, 0.15) is 38.5 Å². The first-order chi connectivity index (χ1) is 9.61. The molecule has 0 N–H and O–H groups in total. The Balaban J connectivity index is 1.80. The molecule has 4 heteroatoms. The number of benzene rings is 1. The molecule has 0 aliphatic heterocycles. The van der Waals surface area contributed by atoms with Gasteiger partial charge in [0.15, 0.2) is 5.78 Å². The third kappa shape index (κ3) is 2.80. The molecule has 1 heterocycles. The standard InChI is InChI=1S/C16H14F2OS/c17-12-5-10(6-13(18)9-12)7-14(19)16-8-11-3-1-2-4-15(11)20-16/h5-6,8-9H,1-4,7H2. The summed E-state index contributed by atoms with van der Waals surface area (Å²) < 4.78 is 26.2. The molecule has 0 bridgehead atoms. The number of thiophene rings is 1. The van der Waals surface area contributed by atoms with Gasteiger partial charge in [-0.05, 0) is 55.0 Å². The number of carbonyl (C=O) groups is 1. The second-order valence-electron chi connectivity index (χ2n) is 5.14. The number of hydrogen-bond donors (Lipinski definition) is 0. The number of fused-ring (bicyclic) bond motifs is 1. The van der Waals surface area contributed by atoms with E-state index in [-0.39, 0.29) is 12.2 Å². The fourth-order valence-electron chi connectivity index (χ4n) is 2.61. The van der Waals surface area contributed by atoms with Crippen LogP contribution in [0.15, 0.2) is 24.3 Å². The van der Waals surface area contributed by atoms with Crippen molar-refractivity contribution < 1.29 is 13.6 Å². The molecule has 0 unspecified atom stereocenters. The van der Waals surface area contributed by atoms with E-state index in [4.69, 9.17) is 0 Å². The zero-order valence-corrected chi connectivity index (χ0v) is 11.7. The van der Waals surface area contributed by atoms with Crippen molar-refractivity contribution >= 4 is 17.1 Å². The summed E-state index contributed by atoms with van der Waals surface area (Å²) in [5.74, 6) is -1.34. The highest BCUT2D eigenvalue weighted by Gasteiger charge is 2.17. The van der Waals surface area contributed by atoms with Crippen LogP contribution in [0, 0.1) is 11.6 Å². The molecule has 0 radical (unpaired) electrons. The van der Waals surface area contributed by atoms with E-state index in [1.165, 1.54) is 46.8 Å². The van der Waals surface area contributed by atoms with Crippen LogP contribution in [0.3, 0.4) is 0 Å². The van der Waals surface area contributed by atoms with Gasteiger partial charge in [-0.15, -0.1) is 11.3 Å². The van der Waals surface area contributed by atoms with Gasteiger partial charge in [-0.3, -0.25) is 4.79 Å². The van der Waals surface area contributed by atoms with Crippen LogP contribution in [0.4, 0.5) is 8.78 Å². The molecule has 2 aromatic rings. The maximum atomic E-state index is 13.1. The van der Waals surface area contributed by atoms with Crippen molar-refractivity contribution in [1.29, 1.82) is 0 Å². The van der Waals surface area contributed by atoms with E-state index < -0.39 is 11.6 Å². The fourth-order valence-corrected chi connectivity index (χ4v) is 3.80. The van der Waals surface area contributed by atoms with E-state index in [9.17, 15) is 13.6 Å². The monoisotopic (exact) mass is 292 g/mol. The lowest BCUT2D eigenvalue weighted by atomic mass is 9.98. The summed E-state index contributed by atoms with van der Waals surface area (Å²) in [5.41, 5.74) is 1.66. The number of ketones is 1. The average molecular weight is 292 g/mol. The van der Waals surface area contributed by atoms with E-state index in [2.05, 4.69) is 0 Å². The summed E-state index contributed by atoms with van der Waals surface area (Å²) in [6.45, 7) is 0. The highest BCUT2D eigenvalue weighted by atomic mass is 32.1. The maximum absolute atomic E-state index is 13.1. The smallest absolute Gasteiger partial charge is 0.177 e. The topological polar surface area (TPSA) is 17.1 Å². The molecule has 1 aromatic heterocycles. The van der Waals surface area contributed by atoms with Gasteiger partial charge in [-0.25, -0.2) is 8.78 Å². The molecule has 104 valence electrons. The highest BCUT2D eigenvalue weighted by Crippen LogP contribution is 2.30. The van der Waals surface area contributed by atoms with Crippen molar-refractivity contribution in [2.24, 2.45) is 0 Å². The second-order valence-corrected chi connectivity index (χ2v) is 6.28. The van der Waals surface area contributed by atoms with E-state index in [1.54, 1.807) is 0 Å². The first-order valence-electron chi connectivity index (χ1n) is 6.71. The average Bonchev–Trinajstić information content (AvgIpc) is 2.81. The van der Waals surface area contributed by atoms with Gasteiger partial charge in [-0.1, -0.05) is 0 Å². The predicted molar refractivity (Wildman–Crippen MR) is 75.4 cm³/mol. The van der Waals surface area contributed by atoms with E-state index >= 15 is 0 Å². The number of hydrogen-bond acceptors (Lipinski definition) is 2. The van der Waals surface area contributed by atoms with Crippen LogP contribution in [0.2, 0.25) is 0 Å². The molecule has 1 aromatic carbocycles. The minimum Gasteiger partial charge on any atom is -0.293 e. The first-order valence-corrected chi connectivity index (χ1v) is 7.53. The normalized spacial score (nSPS) is 14.1. The Kier molecular flexibility index (Phi) is 3.66. The zero-order valence-electron chi connectivity index (χ0n) is 10.9. The first kappa shape index (κ1) is 13.4. The number of aryl methyl sites for hydroxylation is 2. The molecule has 0 saturated heterocycles. The third-order valence-electron chi connectivity index (χ3n) is 3.56. The van der Waals surface area contributed by atoms with Crippen LogP contribution in [-0.2, 0) is 19.3 Å². The van der Waals surface area contributed by atoms with Crippen LogP contribution < -0.4 is 0 Å². The largest absolute Gasteiger partial charge is 0.293 e. The van der Waals surface area contributed by atoms with Crippen molar-refractivity contribution in [1.82, 2.24) is 0 Å². The van der Waals surface area contributed by atoms with Gasteiger partial charge in [0.2, 0.25) is 0 Å². The lowest BCUT2D eigenvalue weighted by Crippen LogP contribution is -2.02. The van der Waals surface area contributed by atoms with Gasteiger partial charge in [0.1, 0.15) is 11.6 Å². The zero-order chi connectivity index (χ0) is 14.1. The molecule has 1 aliphatic rings. The predicted octanol–water partition coefficient (Wildman–Crippen LogP) is 4.33. The third-order valence-corrected chi connectivity index (χ3v) is 4.84. The Morgan fingerprint density at radius 3 is 2.45 bits per heavy atom. The molecule has 1 aliphatic carbocycles. The summed E-state index contributed by atoms with van der Waals surface area (Å²) in [7, 11) is 0. The fraction of sp³-hybridized carbons (Fsp3) is 0.312. The molecule has 0 saturated carbocycles. The van der Waals surface area contributed by atoms with Gasteiger partial charge in [0, 0.05) is 17.4 Å². The summed E-state index contributed by atoms with van der Waals surface area (Å²) in [5, 5.41) is 0. The van der Waals surface area contributed by atoms with E-state index in [1.807, 2.05) is 6.07 Å². The van der Waals surface area contributed by atoms with Crippen LogP contribution >= 0.6 is 11.3 Å². The molecular weight excluding hydrogens is 278 g/mol. The summed E-state index contributed by atoms with van der Waals surface area (Å²) >= 11 is 1.53. The summed E-state index contributed by atoms with van der Waals surface area (Å²) in [6, 6.07) is 5.21. The van der Waals surface area contributed by atoms with Crippen molar-refractivity contribution in [3.05, 3.63) is 56.8 Å². The molecule has 0 spiro atoms. The van der Waals surface area contributed by atoms with Crippen molar-refractivity contribution in [2.45, 2.75) is 32.1 Å². The van der Waals surface area contributed by atoms with Crippen molar-refractivity contribution in [2.75, 3.05) is 0 Å². The van der Waals surface area contributed by atoms with E-state index in [0.717, 1.165) is 18.9 Å². The highest BCUT2D eigenvalue weighted by molar-refractivity contribution is 7.14. The minimum atomic E-state index is -0.640. The van der Waals surface area contributed by atoms with E-state index in [0.29, 0.717) is 10.4 Å². The molecule has 0 fully saturated rings. The molecule has 0 amide bonds. The SMILES string of the molecule is O=C(Cc1cc(F)cc(F)c1)c1cc2c(s1)CCCC2. The lowest BCUT2D eigenvalue weighted by Gasteiger charge is -2.08. The van der Waals surface area contributed by atoms with Crippen LogP contribution in [-0.4, -0.2) is 5.78 Å². The number of halogens is 2. The Labute approximate surface area is 120 Å². The summed E-state index contributed by atoms with van der Waals surface area (Å²) in [6.07, 6.45) is 4.48. The maximum Gasteiger partial charge on any atom is 0.177 e. The van der Waals surface area contributed by atoms with Crippen LogP contribution in [0.5, 0.6) is 0 Å². The summed E-state index contributed by atoms with van der Waals surface area (Å²) in [4.78, 5) is 14.2. The lowest BCUT2D eigenvalue weighted by molar-refractivity contribution is 0.0996. The van der Waals surface area contributed by atoms with Gasteiger partial charge in [0.25, 0.3) is 0 Å². The number of carbonyl (C=O) groups excluding carboxylic acids is 1. The number of Topliss-reactive ketones (excluding diaryl/α,β-unsaturated/α-hetero) is 1. The van der Waals surface area contributed by atoms with Crippen LogP contribution in [0.25, 0.3) is 0 Å². The van der Waals surface area contributed by atoms with Gasteiger partial charge in [-0.2, -0.15) is 0 Å². The Bertz CT molecular complexity index is 617. The quantitative estimate of drug-likeness (QED) is 0.770. The van der Waals surface area contributed by atoms with Crippen molar-refractivity contribution in [3.8, 4) is 0 Å². The Morgan fingerprint density at radius 2 is 1.75 bits per heavy atom. The Hall–Kier alpha value is -1.55. The molecule has 0 atom stereocenters. The molecule has 1 nitrogen and oxygen atoms in total. The number of rotatable bonds is 3.